The van der Waals surface area contributed by atoms with Crippen molar-refractivity contribution in [1.82, 2.24) is 0 Å². The third kappa shape index (κ3) is 3.60. The maximum absolute atomic E-state index is 5.77. The second kappa shape index (κ2) is 6.84. The average Bonchev–Trinajstić information content (AvgIpc) is 2.53. The molecule has 0 aliphatic carbocycles. The number of hydrogen-bond acceptors (Lipinski definition) is 2. The van der Waals surface area contributed by atoms with E-state index in [0.717, 1.165) is 21.5 Å². The Morgan fingerprint density at radius 3 is 2.41 bits per heavy atom. The number of halogens is 1. The standard InChI is InChI=1S/C19H17BrO2/c1-14-4-2-3-5-19(14)22-11-10-21-18-9-7-15-12-17(20)8-6-16(15)13-18/h2-9,12-13H,10-11H2,1H3. The molecule has 0 aromatic heterocycles. The molecule has 2 nitrogen and oxygen atoms in total. The monoisotopic (exact) mass is 356 g/mol. The highest BCUT2D eigenvalue weighted by Crippen LogP contribution is 2.24. The molecule has 0 heterocycles. The van der Waals surface area contributed by atoms with Crippen molar-refractivity contribution < 1.29 is 9.47 Å². The van der Waals surface area contributed by atoms with Gasteiger partial charge in [-0.05, 0) is 53.6 Å². The van der Waals surface area contributed by atoms with Gasteiger partial charge in [-0.15, -0.1) is 0 Å². The molecule has 0 saturated carbocycles. The zero-order valence-corrected chi connectivity index (χ0v) is 14.0. The van der Waals surface area contributed by atoms with Crippen molar-refractivity contribution in [2.24, 2.45) is 0 Å². The summed E-state index contributed by atoms with van der Waals surface area (Å²) in [5.74, 6) is 1.78. The Hall–Kier alpha value is -2.00. The molecule has 3 heteroatoms. The first-order valence-electron chi connectivity index (χ1n) is 7.23. The smallest absolute Gasteiger partial charge is 0.122 e. The highest BCUT2D eigenvalue weighted by Gasteiger charge is 2.00. The number of ether oxygens (including phenoxy) is 2. The molecule has 0 radical (unpaired) electrons. The van der Waals surface area contributed by atoms with Crippen LogP contribution < -0.4 is 9.47 Å². The summed E-state index contributed by atoms with van der Waals surface area (Å²) in [5.41, 5.74) is 1.14. The van der Waals surface area contributed by atoms with E-state index in [1.165, 1.54) is 10.8 Å². The van der Waals surface area contributed by atoms with Gasteiger partial charge in [0.15, 0.2) is 0 Å². The highest BCUT2D eigenvalue weighted by molar-refractivity contribution is 9.10. The zero-order chi connectivity index (χ0) is 15.4. The summed E-state index contributed by atoms with van der Waals surface area (Å²) in [4.78, 5) is 0. The first-order chi connectivity index (χ1) is 10.7. The van der Waals surface area contributed by atoms with E-state index in [9.17, 15) is 0 Å². The van der Waals surface area contributed by atoms with E-state index in [0.29, 0.717) is 13.2 Å². The van der Waals surface area contributed by atoms with E-state index in [1.807, 2.05) is 43.3 Å². The van der Waals surface area contributed by atoms with Crippen LogP contribution in [-0.4, -0.2) is 13.2 Å². The normalized spacial score (nSPS) is 10.6. The van der Waals surface area contributed by atoms with E-state index in [2.05, 4.69) is 40.2 Å². The summed E-state index contributed by atoms with van der Waals surface area (Å²) >= 11 is 3.48. The Morgan fingerprint density at radius 2 is 1.55 bits per heavy atom. The minimum Gasteiger partial charge on any atom is -0.490 e. The van der Waals surface area contributed by atoms with Gasteiger partial charge in [-0.3, -0.25) is 0 Å². The molecule has 0 bridgehead atoms. The molecule has 0 spiro atoms. The fourth-order valence-electron chi connectivity index (χ4n) is 2.31. The second-order valence-electron chi connectivity index (χ2n) is 5.12. The molecule has 0 N–H and O–H groups in total. The van der Waals surface area contributed by atoms with Gasteiger partial charge in [0.05, 0.1) is 0 Å². The van der Waals surface area contributed by atoms with Crippen molar-refractivity contribution in [2.45, 2.75) is 6.92 Å². The molecule has 0 atom stereocenters. The summed E-state index contributed by atoms with van der Waals surface area (Å²) in [6, 6.07) is 20.3. The van der Waals surface area contributed by atoms with Crippen LogP contribution in [0, 0.1) is 6.92 Å². The van der Waals surface area contributed by atoms with Gasteiger partial charge in [0.25, 0.3) is 0 Å². The van der Waals surface area contributed by atoms with Gasteiger partial charge in [-0.25, -0.2) is 0 Å². The fourth-order valence-corrected chi connectivity index (χ4v) is 2.69. The quantitative estimate of drug-likeness (QED) is 0.572. The number of rotatable bonds is 5. The van der Waals surface area contributed by atoms with Crippen LogP contribution in [0.1, 0.15) is 5.56 Å². The molecule has 0 aliphatic heterocycles. The van der Waals surface area contributed by atoms with Crippen LogP contribution >= 0.6 is 15.9 Å². The van der Waals surface area contributed by atoms with E-state index in [-0.39, 0.29) is 0 Å². The van der Waals surface area contributed by atoms with Crippen molar-refractivity contribution >= 4 is 26.7 Å². The number of hydrogen-bond donors (Lipinski definition) is 0. The van der Waals surface area contributed by atoms with E-state index in [1.54, 1.807) is 0 Å². The largest absolute Gasteiger partial charge is 0.490 e. The molecule has 3 aromatic carbocycles. The van der Waals surface area contributed by atoms with Gasteiger partial charge in [-0.1, -0.05) is 46.3 Å². The van der Waals surface area contributed by atoms with Crippen LogP contribution in [0.4, 0.5) is 0 Å². The molecular formula is C19H17BrO2. The Labute approximate surface area is 138 Å². The molecule has 22 heavy (non-hydrogen) atoms. The molecule has 0 amide bonds. The topological polar surface area (TPSA) is 18.5 Å². The van der Waals surface area contributed by atoms with Crippen molar-refractivity contribution in [2.75, 3.05) is 13.2 Å². The Morgan fingerprint density at radius 1 is 0.818 bits per heavy atom. The zero-order valence-electron chi connectivity index (χ0n) is 12.4. The van der Waals surface area contributed by atoms with Gasteiger partial charge in [-0.2, -0.15) is 0 Å². The van der Waals surface area contributed by atoms with Crippen molar-refractivity contribution in [3.8, 4) is 11.5 Å². The van der Waals surface area contributed by atoms with Crippen LogP contribution in [0.25, 0.3) is 10.8 Å². The van der Waals surface area contributed by atoms with Crippen LogP contribution in [0.15, 0.2) is 65.1 Å². The highest BCUT2D eigenvalue weighted by atomic mass is 79.9. The number of aryl methyl sites for hydroxylation is 1. The number of para-hydroxylation sites is 1. The van der Waals surface area contributed by atoms with Crippen LogP contribution in [0.5, 0.6) is 11.5 Å². The molecule has 0 aliphatic rings. The minimum absolute atomic E-state index is 0.524. The summed E-state index contributed by atoms with van der Waals surface area (Å²) in [6.07, 6.45) is 0. The first-order valence-corrected chi connectivity index (χ1v) is 8.02. The Kier molecular flexibility index (Phi) is 4.64. The summed E-state index contributed by atoms with van der Waals surface area (Å²) in [7, 11) is 0. The molecule has 3 aromatic rings. The average molecular weight is 357 g/mol. The van der Waals surface area contributed by atoms with Crippen LogP contribution in [0.3, 0.4) is 0 Å². The molecule has 0 unspecified atom stereocenters. The van der Waals surface area contributed by atoms with Crippen LogP contribution in [0.2, 0.25) is 0 Å². The van der Waals surface area contributed by atoms with Crippen molar-refractivity contribution in [3.63, 3.8) is 0 Å². The predicted molar refractivity (Wildman–Crippen MR) is 93.8 cm³/mol. The number of fused-ring (bicyclic) bond motifs is 1. The molecule has 112 valence electrons. The lowest BCUT2D eigenvalue weighted by atomic mass is 10.1. The van der Waals surface area contributed by atoms with Gasteiger partial charge >= 0.3 is 0 Å². The Balaban J connectivity index is 1.58. The Bertz CT molecular complexity index is 783. The second-order valence-corrected chi connectivity index (χ2v) is 6.03. The fraction of sp³-hybridized carbons (Fsp3) is 0.158. The van der Waals surface area contributed by atoms with Gasteiger partial charge in [0.2, 0.25) is 0 Å². The van der Waals surface area contributed by atoms with Crippen LogP contribution in [-0.2, 0) is 0 Å². The SMILES string of the molecule is Cc1ccccc1OCCOc1ccc2cc(Br)ccc2c1. The van der Waals surface area contributed by atoms with Crippen molar-refractivity contribution in [1.29, 1.82) is 0 Å². The summed E-state index contributed by atoms with van der Waals surface area (Å²) in [5, 5.41) is 2.36. The molecule has 3 rings (SSSR count). The van der Waals surface area contributed by atoms with Gasteiger partial charge < -0.3 is 9.47 Å². The van der Waals surface area contributed by atoms with E-state index >= 15 is 0 Å². The third-order valence-corrected chi connectivity index (χ3v) is 3.97. The lowest BCUT2D eigenvalue weighted by Crippen LogP contribution is -2.09. The van der Waals surface area contributed by atoms with Gasteiger partial charge in [0.1, 0.15) is 24.7 Å². The summed E-state index contributed by atoms with van der Waals surface area (Å²) in [6.45, 7) is 3.09. The predicted octanol–water partition coefficient (Wildman–Crippen LogP) is 5.37. The first kappa shape index (κ1) is 14.9. The lowest BCUT2D eigenvalue weighted by Gasteiger charge is -2.10. The maximum Gasteiger partial charge on any atom is 0.122 e. The minimum atomic E-state index is 0.524. The van der Waals surface area contributed by atoms with E-state index < -0.39 is 0 Å². The molecule has 0 fully saturated rings. The molecular weight excluding hydrogens is 340 g/mol. The lowest BCUT2D eigenvalue weighted by molar-refractivity contribution is 0.216. The maximum atomic E-state index is 5.77. The van der Waals surface area contributed by atoms with E-state index in [4.69, 9.17) is 9.47 Å². The van der Waals surface area contributed by atoms with Gasteiger partial charge in [0, 0.05) is 4.47 Å². The number of benzene rings is 3. The van der Waals surface area contributed by atoms with Crippen molar-refractivity contribution in [3.05, 3.63) is 70.7 Å². The summed E-state index contributed by atoms with van der Waals surface area (Å²) < 4.78 is 12.6. The molecule has 0 saturated heterocycles. The third-order valence-electron chi connectivity index (χ3n) is 3.48.